The second-order valence-electron chi connectivity index (χ2n) is 4.70. The maximum Gasteiger partial charge on any atom is 0.337 e. The maximum absolute atomic E-state index is 10.7. The Morgan fingerprint density at radius 1 is 1.25 bits per heavy atom. The number of aromatic nitrogens is 1. The number of aryl methyl sites for hydroxylation is 1. The van der Waals surface area contributed by atoms with E-state index in [0.29, 0.717) is 6.54 Å². The third-order valence-corrected chi connectivity index (χ3v) is 3.21. The third kappa shape index (κ3) is 3.90. The van der Waals surface area contributed by atoms with E-state index >= 15 is 0 Å². The van der Waals surface area contributed by atoms with Gasteiger partial charge in [-0.25, -0.2) is 4.79 Å². The Kier molecular flexibility index (Phi) is 4.85. The number of hydrogen-bond donors (Lipinski definition) is 2. The summed E-state index contributed by atoms with van der Waals surface area (Å²) in [6.45, 7) is 3.63. The molecule has 0 amide bonds. The molecule has 0 fully saturated rings. The van der Waals surface area contributed by atoms with Crippen LogP contribution in [-0.4, -0.2) is 22.6 Å². The maximum atomic E-state index is 10.7. The molecule has 2 aromatic rings. The first-order chi connectivity index (χ1) is 9.66. The van der Waals surface area contributed by atoms with Gasteiger partial charge in [-0.05, 0) is 43.1 Å². The van der Waals surface area contributed by atoms with E-state index in [1.54, 1.807) is 12.1 Å². The number of rotatable bonds is 6. The molecule has 0 aliphatic carbocycles. The number of benzene rings is 1. The Labute approximate surface area is 118 Å². The Morgan fingerprint density at radius 3 is 2.70 bits per heavy atom. The molecule has 0 saturated heterocycles. The third-order valence-electron chi connectivity index (χ3n) is 3.21. The van der Waals surface area contributed by atoms with Crippen LogP contribution in [0.15, 0.2) is 42.6 Å². The molecule has 2 rings (SSSR count). The summed E-state index contributed by atoms with van der Waals surface area (Å²) in [4.78, 5) is 14.8. The van der Waals surface area contributed by atoms with Crippen molar-refractivity contribution in [1.29, 1.82) is 0 Å². The van der Waals surface area contributed by atoms with E-state index < -0.39 is 5.97 Å². The van der Waals surface area contributed by atoms with Gasteiger partial charge in [-0.1, -0.05) is 24.3 Å². The average molecular weight is 270 g/mol. The molecule has 1 heterocycles. The molecule has 4 nitrogen and oxygen atoms in total. The molecule has 0 aliphatic rings. The number of carboxylic acid groups (broad SMARTS) is 1. The van der Waals surface area contributed by atoms with Crippen LogP contribution in [0, 0.1) is 6.92 Å². The second kappa shape index (κ2) is 6.82. The molecule has 0 atom stereocenters. The summed E-state index contributed by atoms with van der Waals surface area (Å²) in [5.41, 5.74) is 3.71. The minimum Gasteiger partial charge on any atom is -0.478 e. The standard InChI is InChI=1S/C16H18N2O2/c1-12-4-2-3-5-13(12)8-9-17-11-15-7-6-14(10-18-15)16(19)20/h2-7,10,17H,8-9,11H2,1H3,(H,19,20). The predicted octanol–water partition coefficient (Wildman–Crippen LogP) is 2.42. The van der Waals surface area contributed by atoms with Gasteiger partial charge in [0.05, 0.1) is 11.3 Å². The van der Waals surface area contributed by atoms with E-state index in [1.165, 1.54) is 17.3 Å². The van der Waals surface area contributed by atoms with E-state index in [0.717, 1.165) is 18.7 Å². The highest BCUT2D eigenvalue weighted by molar-refractivity contribution is 5.87. The van der Waals surface area contributed by atoms with Crippen LogP contribution < -0.4 is 5.32 Å². The summed E-state index contributed by atoms with van der Waals surface area (Å²) < 4.78 is 0. The number of nitrogens with one attached hydrogen (secondary N) is 1. The number of carboxylic acids is 1. The number of pyridine rings is 1. The zero-order valence-electron chi connectivity index (χ0n) is 11.5. The van der Waals surface area contributed by atoms with Crippen molar-refractivity contribution in [2.45, 2.75) is 19.9 Å². The lowest BCUT2D eigenvalue weighted by molar-refractivity contribution is 0.0696. The van der Waals surface area contributed by atoms with Crippen molar-refractivity contribution in [1.82, 2.24) is 10.3 Å². The largest absolute Gasteiger partial charge is 0.478 e. The van der Waals surface area contributed by atoms with Crippen LogP contribution in [0.4, 0.5) is 0 Å². The Bertz CT molecular complexity index is 579. The fraction of sp³-hybridized carbons (Fsp3) is 0.250. The smallest absolute Gasteiger partial charge is 0.337 e. The summed E-state index contributed by atoms with van der Waals surface area (Å²) >= 11 is 0. The van der Waals surface area contributed by atoms with Crippen LogP contribution in [0.5, 0.6) is 0 Å². The lowest BCUT2D eigenvalue weighted by Gasteiger charge is -2.07. The molecular formula is C16H18N2O2. The van der Waals surface area contributed by atoms with Gasteiger partial charge in [0.2, 0.25) is 0 Å². The minimum absolute atomic E-state index is 0.216. The topological polar surface area (TPSA) is 62.2 Å². The van der Waals surface area contributed by atoms with Crippen LogP contribution in [0.3, 0.4) is 0 Å². The fourth-order valence-electron chi connectivity index (χ4n) is 1.99. The highest BCUT2D eigenvalue weighted by Crippen LogP contribution is 2.07. The van der Waals surface area contributed by atoms with Crippen LogP contribution in [-0.2, 0) is 13.0 Å². The van der Waals surface area contributed by atoms with Crippen molar-refractivity contribution < 1.29 is 9.90 Å². The minimum atomic E-state index is -0.948. The zero-order valence-corrected chi connectivity index (χ0v) is 11.5. The van der Waals surface area contributed by atoms with E-state index in [9.17, 15) is 4.79 Å². The van der Waals surface area contributed by atoms with Gasteiger partial charge < -0.3 is 10.4 Å². The Morgan fingerprint density at radius 2 is 2.05 bits per heavy atom. The van der Waals surface area contributed by atoms with Gasteiger partial charge in [-0.15, -0.1) is 0 Å². The number of aromatic carboxylic acids is 1. The first-order valence-electron chi connectivity index (χ1n) is 6.60. The van der Waals surface area contributed by atoms with Crippen molar-refractivity contribution in [2.24, 2.45) is 0 Å². The molecule has 20 heavy (non-hydrogen) atoms. The first kappa shape index (κ1) is 14.2. The Hall–Kier alpha value is -2.20. The average Bonchev–Trinajstić information content (AvgIpc) is 2.46. The van der Waals surface area contributed by atoms with Crippen LogP contribution in [0.25, 0.3) is 0 Å². The van der Waals surface area contributed by atoms with E-state index in [2.05, 4.69) is 35.4 Å². The normalized spacial score (nSPS) is 10.4. The molecule has 1 aromatic heterocycles. The summed E-state index contributed by atoms with van der Waals surface area (Å²) in [5, 5.41) is 12.1. The molecular weight excluding hydrogens is 252 g/mol. The molecule has 104 valence electrons. The number of nitrogens with zero attached hydrogens (tertiary/aromatic N) is 1. The van der Waals surface area contributed by atoms with Gasteiger partial charge in [0.15, 0.2) is 0 Å². The van der Waals surface area contributed by atoms with Crippen molar-refractivity contribution in [3.05, 3.63) is 65.0 Å². The summed E-state index contributed by atoms with van der Waals surface area (Å²) in [6.07, 6.45) is 2.36. The highest BCUT2D eigenvalue weighted by Gasteiger charge is 2.02. The quantitative estimate of drug-likeness (QED) is 0.791. The SMILES string of the molecule is Cc1ccccc1CCNCc1ccc(C(=O)O)cn1. The highest BCUT2D eigenvalue weighted by atomic mass is 16.4. The molecule has 0 spiro atoms. The van der Waals surface area contributed by atoms with Crippen molar-refractivity contribution in [3.63, 3.8) is 0 Å². The second-order valence-corrected chi connectivity index (χ2v) is 4.70. The van der Waals surface area contributed by atoms with Gasteiger partial charge in [0.25, 0.3) is 0 Å². The lowest BCUT2D eigenvalue weighted by Crippen LogP contribution is -2.17. The van der Waals surface area contributed by atoms with E-state index in [-0.39, 0.29) is 5.56 Å². The first-order valence-corrected chi connectivity index (χ1v) is 6.60. The molecule has 0 unspecified atom stereocenters. The molecule has 1 aromatic carbocycles. The van der Waals surface area contributed by atoms with Crippen molar-refractivity contribution >= 4 is 5.97 Å². The van der Waals surface area contributed by atoms with Gasteiger partial charge >= 0.3 is 5.97 Å². The molecule has 4 heteroatoms. The van der Waals surface area contributed by atoms with E-state index in [1.807, 2.05) is 6.07 Å². The molecule has 0 bridgehead atoms. The molecule has 0 radical (unpaired) electrons. The summed E-state index contributed by atoms with van der Waals surface area (Å²) in [5.74, 6) is -0.948. The van der Waals surface area contributed by atoms with Crippen LogP contribution in [0.2, 0.25) is 0 Å². The summed E-state index contributed by atoms with van der Waals surface area (Å²) in [6, 6.07) is 11.7. The molecule has 0 aliphatic heterocycles. The molecule has 0 saturated carbocycles. The van der Waals surface area contributed by atoms with Gasteiger partial charge in [0.1, 0.15) is 0 Å². The predicted molar refractivity (Wildman–Crippen MR) is 77.8 cm³/mol. The lowest BCUT2D eigenvalue weighted by atomic mass is 10.1. The fourth-order valence-corrected chi connectivity index (χ4v) is 1.99. The summed E-state index contributed by atoms with van der Waals surface area (Å²) in [7, 11) is 0. The Balaban J connectivity index is 1.79. The van der Waals surface area contributed by atoms with Crippen LogP contribution >= 0.6 is 0 Å². The van der Waals surface area contributed by atoms with Gasteiger partial charge in [-0.2, -0.15) is 0 Å². The van der Waals surface area contributed by atoms with Gasteiger partial charge in [-0.3, -0.25) is 4.98 Å². The van der Waals surface area contributed by atoms with Crippen molar-refractivity contribution in [2.75, 3.05) is 6.54 Å². The zero-order chi connectivity index (χ0) is 14.4. The number of hydrogen-bond acceptors (Lipinski definition) is 3. The van der Waals surface area contributed by atoms with Crippen LogP contribution in [0.1, 0.15) is 27.2 Å². The van der Waals surface area contributed by atoms with E-state index in [4.69, 9.17) is 5.11 Å². The monoisotopic (exact) mass is 270 g/mol. The van der Waals surface area contributed by atoms with Gasteiger partial charge in [0, 0.05) is 12.7 Å². The van der Waals surface area contributed by atoms with Crippen molar-refractivity contribution in [3.8, 4) is 0 Å². The number of carbonyl (C=O) groups is 1. The molecule has 2 N–H and O–H groups in total.